The summed E-state index contributed by atoms with van der Waals surface area (Å²) in [6.07, 6.45) is 4.85. The van der Waals surface area contributed by atoms with Gasteiger partial charge in [-0.25, -0.2) is 18.1 Å². The molecule has 0 unspecified atom stereocenters. The summed E-state index contributed by atoms with van der Waals surface area (Å²) in [5, 5.41) is 4.53. The molecule has 0 saturated carbocycles. The highest BCUT2D eigenvalue weighted by molar-refractivity contribution is 9.10. The van der Waals surface area contributed by atoms with Crippen LogP contribution < -0.4 is 4.72 Å². The van der Waals surface area contributed by atoms with Crippen molar-refractivity contribution in [1.29, 1.82) is 0 Å². The molecule has 0 saturated heterocycles. The molecule has 6 nitrogen and oxygen atoms in total. The molecule has 9 heteroatoms. The second-order valence-electron chi connectivity index (χ2n) is 5.92. The van der Waals surface area contributed by atoms with Crippen LogP contribution in [0.15, 0.2) is 58.3 Å². The molecule has 3 rings (SSSR count). The number of rotatable bonds is 5. The van der Waals surface area contributed by atoms with Gasteiger partial charge in [0.15, 0.2) is 5.82 Å². The summed E-state index contributed by atoms with van der Waals surface area (Å²) >= 11 is 9.56. The molecule has 0 bridgehead atoms. The van der Waals surface area contributed by atoms with E-state index in [2.05, 4.69) is 30.7 Å². The van der Waals surface area contributed by atoms with Gasteiger partial charge in [-0.15, -0.1) is 0 Å². The van der Waals surface area contributed by atoms with Crippen molar-refractivity contribution in [2.45, 2.75) is 24.7 Å². The van der Waals surface area contributed by atoms with Gasteiger partial charge in [0, 0.05) is 28.1 Å². The van der Waals surface area contributed by atoms with E-state index in [0.717, 1.165) is 5.56 Å². The van der Waals surface area contributed by atoms with E-state index in [0.29, 0.717) is 21.0 Å². The lowest BCUT2D eigenvalue weighted by Gasteiger charge is -2.14. The number of hydrogen-bond donors (Lipinski definition) is 1. The van der Waals surface area contributed by atoms with Gasteiger partial charge in [-0.05, 0) is 51.7 Å². The van der Waals surface area contributed by atoms with Gasteiger partial charge in [0.25, 0.3) is 10.0 Å². The van der Waals surface area contributed by atoms with Crippen LogP contribution >= 0.6 is 27.5 Å². The molecule has 0 aliphatic rings. The number of sulfonamides is 1. The van der Waals surface area contributed by atoms with Crippen LogP contribution in [0.5, 0.6) is 0 Å². The van der Waals surface area contributed by atoms with Gasteiger partial charge in [0.05, 0.1) is 10.6 Å². The van der Waals surface area contributed by atoms with E-state index < -0.39 is 10.0 Å². The molecule has 0 atom stereocenters. The van der Waals surface area contributed by atoms with Gasteiger partial charge in [-0.1, -0.05) is 31.5 Å². The van der Waals surface area contributed by atoms with Gasteiger partial charge >= 0.3 is 0 Å². The first-order valence-electron chi connectivity index (χ1n) is 7.76. The van der Waals surface area contributed by atoms with Gasteiger partial charge < -0.3 is 0 Å². The number of pyridine rings is 1. The molecule has 26 heavy (non-hydrogen) atoms. The lowest BCUT2D eigenvalue weighted by Crippen LogP contribution is -2.16. The van der Waals surface area contributed by atoms with Gasteiger partial charge in [-0.2, -0.15) is 5.10 Å². The van der Waals surface area contributed by atoms with E-state index in [1.807, 2.05) is 13.8 Å². The number of anilines is 1. The van der Waals surface area contributed by atoms with E-state index in [4.69, 9.17) is 11.6 Å². The summed E-state index contributed by atoms with van der Waals surface area (Å²) in [6, 6.07) is 8.09. The minimum atomic E-state index is -3.85. The zero-order chi connectivity index (χ0) is 18.9. The Kier molecular flexibility index (Phi) is 5.36. The first kappa shape index (κ1) is 18.9. The van der Waals surface area contributed by atoms with Crippen molar-refractivity contribution < 1.29 is 8.42 Å². The minimum absolute atomic E-state index is 0.0818. The summed E-state index contributed by atoms with van der Waals surface area (Å²) in [5.74, 6) is 0.569. The Morgan fingerprint density at radius 3 is 2.65 bits per heavy atom. The van der Waals surface area contributed by atoms with Crippen molar-refractivity contribution in [3.63, 3.8) is 0 Å². The largest absolute Gasteiger partial charge is 0.276 e. The quantitative estimate of drug-likeness (QED) is 0.609. The molecule has 0 amide bonds. The molecule has 0 spiro atoms. The third-order valence-corrected chi connectivity index (χ3v) is 5.83. The maximum Gasteiger partial charge on any atom is 0.262 e. The Morgan fingerprint density at radius 1 is 1.27 bits per heavy atom. The van der Waals surface area contributed by atoms with E-state index in [-0.39, 0.29) is 10.8 Å². The number of halogens is 2. The normalized spacial score (nSPS) is 11.7. The van der Waals surface area contributed by atoms with Crippen LogP contribution in [0.2, 0.25) is 5.02 Å². The molecule has 2 aromatic heterocycles. The maximum atomic E-state index is 12.8. The fourth-order valence-electron chi connectivity index (χ4n) is 2.43. The van der Waals surface area contributed by atoms with E-state index in [1.54, 1.807) is 42.9 Å². The summed E-state index contributed by atoms with van der Waals surface area (Å²) in [4.78, 5) is 4.34. The van der Waals surface area contributed by atoms with Crippen molar-refractivity contribution in [3.8, 4) is 5.82 Å². The molecule has 3 aromatic rings. The average Bonchev–Trinajstić information content (AvgIpc) is 3.08. The monoisotopic (exact) mass is 454 g/mol. The highest BCUT2D eigenvalue weighted by atomic mass is 79.9. The molecule has 2 heterocycles. The first-order chi connectivity index (χ1) is 12.3. The average molecular weight is 456 g/mol. The van der Waals surface area contributed by atoms with Gasteiger partial charge in [-0.3, -0.25) is 4.72 Å². The van der Waals surface area contributed by atoms with E-state index >= 15 is 0 Å². The van der Waals surface area contributed by atoms with Crippen molar-refractivity contribution in [2.75, 3.05) is 4.72 Å². The molecular weight excluding hydrogens is 440 g/mol. The highest BCUT2D eigenvalue weighted by Crippen LogP contribution is 2.29. The Labute approximate surface area is 165 Å². The molecule has 1 N–H and O–H groups in total. The number of hydrogen-bond acceptors (Lipinski definition) is 4. The number of aromatic nitrogens is 3. The lowest BCUT2D eigenvalue weighted by molar-refractivity contribution is 0.601. The standard InChI is InChI=1S/C17H16BrClN4O2S/c1-11(2)14-5-4-13(9-15(14)19)26(24,25)22-16-8-12(18)10-20-17(16)23-7-3-6-21-23/h3-11,22H,1-2H3. The molecular formula is C17H16BrClN4O2S. The second-order valence-corrected chi connectivity index (χ2v) is 8.92. The van der Waals surface area contributed by atoms with Crippen LogP contribution in [0.25, 0.3) is 5.82 Å². The number of benzene rings is 1. The number of nitrogens with one attached hydrogen (secondary N) is 1. The highest BCUT2D eigenvalue weighted by Gasteiger charge is 2.20. The van der Waals surface area contributed by atoms with Crippen molar-refractivity contribution in [3.05, 3.63) is 64.0 Å². The summed E-state index contributed by atoms with van der Waals surface area (Å²) < 4.78 is 30.3. The topological polar surface area (TPSA) is 76.9 Å². The van der Waals surface area contributed by atoms with Crippen LogP contribution in [-0.2, 0) is 10.0 Å². The molecule has 0 fully saturated rings. The molecule has 0 aliphatic carbocycles. The predicted octanol–water partition coefficient (Wildman–Crippen LogP) is 4.61. The Hall–Kier alpha value is -1.90. The SMILES string of the molecule is CC(C)c1ccc(S(=O)(=O)Nc2cc(Br)cnc2-n2cccn2)cc1Cl. The first-order valence-corrected chi connectivity index (χ1v) is 10.4. The molecule has 0 aliphatic heterocycles. The van der Waals surface area contributed by atoms with Crippen molar-refractivity contribution >= 4 is 43.2 Å². The van der Waals surface area contributed by atoms with Crippen molar-refractivity contribution in [1.82, 2.24) is 14.8 Å². The molecule has 136 valence electrons. The van der Waals surface area contributed by atoms with Crippen molar-refractivity contribution in [2.24, 2.45) is 0 Å². The molecule has 0 radical (unpaired) electrons. The summed E-state index contributed by atoms with van der Waals surface area (Å²) in [6.45, 7) is 3.99. The zero-order valence-corrected chi connectivity index (χ0v) is 17.2. The zero-order valence-electron chi connectivity index (χ0n) is 14.0. The van der Waals surface area contributed by atoms with Crippen LogP contribution in [-0.4, -0.2) is 23.2 Å². The van der Waals surface area contributed by atoms with Crippen LogP contribution in [0.1, 0.15) is 25.3 Å². The second kappa shape index (κ2) is 7.38. The predicted molar refractivity (Wildman–Crippen MR) is 105 cm³/mol. The van der Waals surface area contributed by atoms with E-state index in [1.165, 1.54) is 10.7 Å². The summed E-state index contributed by atoms with van der Waals surface area (Å²) in [5.41, 5.74) is 1.19. The van der Waals surface area contributed by atoms with Gasteiger partial charge in [0.1, 0.15) is 0 Å². The third kappa shape index (κ3) is 3.92. The fraction of sp³-hybridized carbons (Fsp3) is 0.176. The number of nitrogens with zero attached hydrogens (tertiary/aromatic N) is 3. The fourth-order valence-corrected chi connectivity index (χ4v) is 4.30. The van der Waals surface area contributed by atoms with Crippen LogP contribution in [0.3, 0.4) is 0 Å². The van der Waals surface area contributed by atoms with Crippen LogP contribution in [0.4, 0.5) is 5.69 Å². The summed E-state index contributed by atoms with van der Waals surface area (Å²) in [7, 11) is -3.85. The minimum Gasteiger partial charge on any atom is -0.276 e. The third-order valence-electron chi connectivity index (χ3n) is 3.70. The maximum absolute atomic E-state index is 12.8. The van der Waals surface area contributed by atoms with E-state index in [9.17, 15) is 8.42 Å². The Bertz CT molecular complexity index is 1040. The Balaban J connectivity index is 2.01. The Morgan fingerprint density at radius 2 is 2.04 bits per heavy atom. The van der Waals surface area contributed by atoms with Crippen LogP contribution in [0, 0.1) is 0 Å². The van der Waals surface area contributed by atoms with Gasteiger partial charge in [0.2, 0.25) is 0 Å². The molecule has 1 aromatic carbocycles. The smallest absolute Gasteiger partial charge is 0.262 e. The lowest BCUT2D eigenvalue weighted by atomic mass is 10.0.